The highest BCUT2D eigenvalue weighted by Gasteiger charge is 2.26. The van der Waals surface area contributed by atoms with Crippen LogP contribution in [0.5, 0.6) is 0 Å². The molecule has 0 aliphatic heterocycles. The summed E-state index contributed by atoms with van der Waals surface area (Å²) in [5, 5.41) is 27.6. The molecule has 0 amide bonds. The van der Waals surface area contributed by atoms with Crippen LogP contribution >= 0.6 is 0 Å². The molecule has 2 aromatic rings. The van der Waals surface area contributed by atoms with Crippen LogP contribution in [0.2, 0.25) is 0 Å². The minimum atomic E-state index is -1.37. The summed E-state index contributed by atoms with van der Waals surface area (Å²) in [6.45, 7) is 0. The lowest BCUT2D eigenvalue weighted by atomic mass is 10.1. The number of hydrogen-bond donors (Lipinski definition) is 2. The fourth-order valence-electron chi connectivity index (χ4n) is 1.63. The minimum absolute atomic E-state index is 0.0852. The van der Waals surface area contributed by atoms with Gasteiger partial charge in [-0.3, -0.25) is 5.21 Å². The third kappa shape index (κ3) is 2.35. The maximum atomic E-state index is 12.8. The molecule has 6 heteroatoms. The van der Waals surface area contributed by atoms with Gasteiger partial charge in [0.25, 0.3) is 5.69 Å². The van der Waals surface area contributed by atoms with E-state index in [0.29, 0.717) is 10.3 Å². The van der Waals surface area contributed by atoms with Crippen LogP contribution in [-0.4, -0.2) is 16.3 Å². The van der Waals surface area contributed by atoms with Crippen LogP contribution < -0.4 is 4.73 Å². The molecule has 0 saturated carbocycles. The molecule has 0 fully saturated rings. The second-order valence-corrected chi connectivity index (χ2v) is 3.75. The monoisotopic (exact) mass is 259 g/mol. The third-order valence-electron chi connectivity index (χ3n) is 2.53. The minimum Gasteiger partial charge on any atom is -0.473 e. The lowest BCUT2D eigenvalue weighted by molar-refractivity contribution is -0.897. The number of halogens is 1. The first kappa shape index (κ1) is 12.5. The van der Waals surface area contributed by atoms with Gasteiger partial charge in [-0.25, -0.2) is 9.18 Å². The Morgan fingerprint density at radius 3 is 2.42 bits per heavy atom. The zero-order chi connectivity index (χ0) is 14.0. The number of benzene rings is 1. The van der Waals surface area contributed by atoms with E-state index < -0.39 is 17.5 Å². The molecule has 1 aromatic heterocycles. The number of nitrogens with zero attached hydrogens (tertiary/aromatic N) is 2. The largest absolute Gasteiger partial charge is 0.473 e. The number of aromatic nitrogens is 1. The molecule has 94 valence electrons. The van der Waals surface area contributed by atoms with Gasteiger partial charge in [0, 0.05) is 16.9 Å². The number of carboxylic acid groups (broad SMARTS) is 1. The Morgan fingerprint density at radius 1 is 1.26 bits per heavy atom. The lowest BCUT2D eigenvalue weighted by Gasteiger charge is -2.00. The Balaban J connectivity index is 2.69. The Bertz CT molecular complexity index is 690. The summed E-state index contributed by atoms with van der Waals surface area (Å²) < 4.78 is 13.3. The van der Waals surface area contributed by atoms with E-state index >= 15 is 0 Å². The van der Waals surface area contributed by atoms with E-state index in [-0.39, 0.29) is 11.3 Å². The first-order chi connectivity index (χ1) is 9.02. The van der Waals surface area contributed by atoms with Crippen molar-refractivity contribution in [2.24, 2.45) is 0 Å². The van der Waals surface area contributed by atoms with E-state index in [0.717, 1.165) is 6.07 Å². The van der Waals surface area contributed by atoms with Gasteiger partial charge in [-0.2, -0.15) is 5.26 Å². The fourth-order valence-corrected chi connectivity index (χ4v) is 1.63. The van der Waals surface area contributed by atoms with Crippen molar-refractivity contribution in [3.05, 3.63) is 53.5 Å². The molecule has 0 atom stereocenters. The number of hydrogen-bond acceptors (Lipinski definition) is 3. The second-order valence-electron chi connectivity index (χ2n) is 3.75. The van der Waals surface area contributed by atoms with Gasteiger partial charge in [-0.15, -0.1) is 0 Å². The van der Waals surface area contributed by atoms with Crippen molar-refractivity contribution in [3.63, 3.8) is 0 Å². The number of nitriles is 1. The number of carbonyl (C=O) groups is 1. The van der Waals surface area contributed by atoms with Crippen molar-refractivity contribution in [3.8, 4) is 17.3 Å². The van der Waals surface area contributed by atoms with Crippen molar-refractivity contribution in [1.29, 1.82) is 5.26 Å². The summed E-state index contributed by atoms with van der Waals surface area (Å²) in [6.07, 6.45) is 0. The van der Waals surface area contributed by atoms with Crippen molar-refractivity contribution < 1.29 is 24.2 Å². The maximum Gasteiger partial charge on any atom is 0.406 e. The quantitative estimate of drug-likeness (QED) is 0.633. The predicted molar refractivity (Wildman–Crippen MR) is 60.9 cm³/mol. The molecule has 0 radical (unpaired) electrons. The van der Waals surface area contributed by atoms with Crippen LogP contribution in [0, 0.1) is 17.1 Å². The van der Waals surface area contributed by atoms with Gasteiger partial charge < -0.3 is 5.11 Å². The number of aromatic carboxylic acids is 1. The molecule has 2 N–H and O–H groups in total. The van der Waals surface area contributed by atoms with E-state index in [1.54, 1.807) is 0 Å². The molecule has 0 bridgehead atoms. The van der Waals surface area contributed by atoms with Crippen molar-refractivity contribution in [1.82, 2.24) is 0 Å². The Labute approximate surface area is 107 Å². The van der Waals surface area contributed by atoms with E-state index in [9.17, 15) is 14.4 Å². The molecular formula is C13H8FN2O3+. The van der Waals surface area contributed by atoms with E-state index in [1.807, 2.05) is 6.07 Å². The van der Waals surface area contributed by atoms with Crippen LogP contribution in [0.3, 0.4) is 0 Å². The first-order valence-electron chi connectivity index (χ1n) is 5.21. The summed E-state index contributed by atoms with van der Waals surface area (Å²) in [5.74, 6) is -1.83. The highest BCUT2D eigenvalue weighted by atomic mass is 19.1. The van der Waals surface area contributed by atoms with Crippen molar-refractivity contribution in [2.75, 3.05) is 0 Å². The first-order valence-corrected chi connectivity index (χ1v) is 5.21. The van der Waals surface area contributed by atoms with Gasteiger partial charge in [-0.1, -0.05) is 0 Å². The molecule has 19 heavy (non-hydrogen) atoms. The SMILES string of the molecule is N#Cc1cc(C(=O)O)[n+](O)c(-c2ccc(F)cc2)c1. The van der Waals surface area contributed by atoms with Gasteiger partial charge in [0.2, 0.25) is 0 Å². The highest BCUT2D eigenvalue weighted by Crippen LogP contribution is 2.18. The standard InChI is InChI=1S/C13H7FN2O3/c14-10-3-1-9(2-4-10)11-5-8(7-15)6-12(13(17)18)16(11)19/h1-6H,(H-,17,18,19)/p+1. The van der Waals surface area contributed by atoms with Crippen LogP contribution in [0.1, 0.15) is 16.1 Å². The summed E-state index contributed by atoms with van der Waals surface area (Å²) in [7, 11) is 0. The normalized spacial score (nSPS) is 9.89. The number of carboxylic acids is 1. The summed E-state index contributed by atoms with van der Waals surface area (Å²) in [4.78, 5) is 11.0. The van der Waals surface area contributed by atoms with E-state index in [1.165, 1.54) is 30.3 Å². The Kier molecular flexibility index (Phi) is 3.12. The van der Waals surface area contributed by atoms with Crippen molar-refractivity contribution in [2.45, 2.75) is 0 Å². The van der Waals surface area contributed by atoms with E-state index in [4.69, 9.17) is 10.4 Å². The molecular weight excluding hydrogens is 251 g/mol. The van der Waals surface area contributed by atoms with Crippen LogP contribution in [0.25, 0.3) is 11.3 Å². The Morgan fingerprint density at radius 2 is 1.89 bits per heavy atom. The molecule has 0 aliphatic rings. The third-order valence-corrected chi connectivity index (χ3v) is 2.53. The maximum absolute atomic E-state index is 12.8. The zero-order valence-corrected chi connectivity index (χ0v) is 9.54. The average Bonchev–Trinajstić information content (AvgIpc) is 2.40. The highest BCUT2D eigenvalue weighted by molar-refractivity contribution is 5.84. The van der Waals surface area contributed by atoms with Gasteiger partial charge >= 0.3 is 11.7 Å². The summed E-state index contributed by atoms with van der Waals surface area (Å²) in [5.41, 5.74) is 0.125. The second kappa shape index (κ2) is 4.74. The van der Waals surface area contributed by atoms with Crippen LogP contribution in [0.4, 0.5) is 4.39 Å². The van der Waals surface area contributed by atoms with Crippen LogP contribution in [0.15, 0.2) is 36.4 Å². The van der Waals surface area contributed by atoms with Gasteiger partial charge in [0.1, 0.15) is 5.82 Å². The van der Waals surface area contributed by atoms with Crippen molar-refractivity contribution >= 4 is 5.97 Å². The molecule has 1 heterocycles. The number of rotatable bonds is 2. The van der Waals surface area contributed by atoms with Gasteiger partial charge in [0.05, 0.1) is 17.2 Å². The lowest BCUT2D eigenvalue weighted by Crippen LogP contribution is -2.40. The molecule has 5 nitrogen and oxygen atoms in total. The predicted octanol–water partition coefficient (Wildman–Crippen LogP) is 1.59. The summed E-state index contributed by atoms with van der Waals surface area (Å²) >= 11 is 0. The average molecular weight is 259 g/mol. The van der Waals surface area contributed by atoms with E-state index in [2.05, 4.69) is 0 Å². The topological polar surface area (TPSA) is 85.2 Å². The molecule has 0 saturated heterocycles. The Hall–Kier alpha value is -2.94. The fraction of sp³-hybridized carbons (Fsp3) is 0. The van der Waals surface area contributed by atoms with Gasteiger partial charge in [-0.05, 0) is 24.3 Å². The van der Waals surface area contributed by atoms with Gasteiger partial charge in [0.15, 0.2) is 0 Å². The molecule has 1 aromatic carbocycles. The molecule has 0 aliphatic carbocycles. The molecule has 0 spiro atoms. The zero-order valence-electron chi connectivity index (χ0n) is 9.54. The number of pyridine rings is 1. The molecule has 0 unspecified atom stereocenters. The van der Waals surface area contributed by atoms with Crippen LogP contribution in [-0.2, 0) is 0 Å². The molecule has 2 rings (SSSR count). The smallest absolute Gasteiger partial charge is 0.406 e. The summed E-state index contributed by atoms with van der Waals surface area (Å²) in [6, 6.07) is 9.29.